The minimum Gasteiger partial charge on any atom is -0.477 e. The first-order valence-electron chi connectivity index (χ1n) is 5.80. The summed E-state index contributed by atoms with van der Waals surface area (Å²) in [4.78, 5) is 4.21. The largest absolute Gasteiger partial charge is 0.477 e. The van der Waals surface area contributed by atoms with Gasteiger partial charge in [0.1, 0.15) is 0 Å². The highest BCUT2D eigenvalue weighted by atomic mass is 19.1. The van der Waals surface area contributed by atoms with Gasteiger partial charge in [0.05, 0.1) is 11.6 Å². The van der Waals surface area contributed by atoms with Gasteiger partial charge in [-0.3, -0.25) is 0 Å². The van der Waals surface area contributed by atoms with Gasteiger partial charge >= 0.3 is 0 Å². The highest BCUT2D eigenvalue weighted by Crippen LogP contribution is 2.28. The third-order valence-electron chi connectivity index (χ3n) is 2.79. The first-order valence-corrected chi connectivity index (χ1v) is 5.80. The van der Waals surface area contributed by atoms with Gasteiger partial charge in [0.25, 0.3) is 0 Å². The average Bonchev–Trinajstić information content (AvgIpc) is 2.79. The van der Waals surface area contributed by atoms with Gasteiger partial charge < -0.3 is 9.30 Å². The van der Waals surface area contributed by atoms with Crippen molar-refractivity contribution in [2.24, 2.45) is 7.05 Å². The molecule has 4 nitrogen and oxygen atoms in total. The second-order valence-electron chi connectivity index (χ2n) is 4.73. The molecule has 0 fully saturated rings. The van der Waals surface area contributed by atoms with Gasteiger partial charge in [0.2, 0.25) is 0 Å². The molecule has 0 radical (unpaired) electrons. The smallest absolute Gasteiger partial charge is 0.166 e. The van der Waals surface area contributed by atoms with Crippen LogP contribution in [0.15, 0.2) is 30.6 Å². The summed E-state index contributed by atoms with van der Waals surface area (Å²) in [6.07, 6.45) is 3.46. The Morgan fingerprint density at radius 3 is 2.68 bits per heavy atom. The summed E-state index contributed by atoms with van der Waals surface area (Å²) in [6.45, 7) is 3.62. The van der Waals surface area contributed by atoms with Crippen LogP contribution in [0.2, 0.25) is 0 Å². The molecule has 0 spiro atoms. The molecule has 1 heterocycles. The zero-order chi connectivity index (χ0) is 14.0. The topological polar surface area (TPSA) is 50.8 Å². The Kier molecular flexibility index (Phi) is 3.26. The second kappa shape index (κ2) is 4.73. The number of hydrogen-bond acceptors (Lipinski definition) is 3. The Hall–Kier alpha value is -2.35. The molecule has 0 amide bonds. The van der Waals surface area contributed by atoms with Crippen LogP contribution in [-0.2, 0) is 12.6 Å². The predicted molar refractivity (Wildman–Crippen MR) is 68.0 cm³/mol. The summed E-state index contributed by atoms with van der Waals surface area (Å²) in [6, 6.07) is 6.02. The first-order chi connectivity index (χ1) is 8.94. The predicted octanol–water partition coefficient (Wildman–Crippen LogP) is 2.74. The molecule has 2 aromatic rings. The molecule has 0 bridgehead atoms. The van der Waals surface area contributed by atoms with E-state index in [1.165, 1.54) is 12.1 Å². The molecule has 0 atom stereocenters. The fraction of sp³-hybridized carbons (Fsp3) is 0.286. The third-order valence-corrected chi connectivity index (χ3v) is 2.79. The summed E-state index contributed by atoms with van der Waals surface area (Å²) >= 11 is 0. The summed E-state index contributed by atoms with van der Waals surface area (Å²) in [7, 11) is 1.85. The van der Waals surface area contributed by atoms with Crippen LogP contribution in [-0.4, -0.2) is 9.55 Å². The third kappa shape index (κ3) is 2.58. The van der Waals surface area contributed by atoms with Crippen LogP contribution in [0.25, 0.3) is 0 Å². The summed E-state index contributed by atoms with van der Waals surface area (Å²) in [5.74, 6) is 0.240. The number of aryl methyl sites for hydroxylation is 1. The molecule has 0 N–H and O–H groups in total. The molecule has 5 heteroatoms. The molecular weight excluding hydrogens is 245 g/mol. The molecule has 98 valence electrons. The highest BCUT2D eigenvalue weighted by molar-refractivity contribution is 5.36. The lowest BCUT2D eigenvalue weighted by molar-refractivity contribution is 0.0898. The van der Waals surface area contributed by atoms with Crippen molar-refractivity contribution in [2.45, 2.75) is 19.4 Å². The maximum atomic E-state index is 13.8. The van der Waals surface area contributed by atoms with Crippen LogP contribution in [0.1, 0.15) is 25.2 Å². The van der Waals surface area contributed by atoms with E-state index in [-0.39, 0.29) is 11.3 Å². The standard InChI is InChI=1S/C14H14FN3O/c1-14(2,13-17-6-7-18(13)3)19-12-5-4-10(9-16)8-11(12)15/h4-8H,1-3H3. The molecule has 2 rings (SSSR count). The van der Waals surface area contributed by atoms with E-state index in [1.54, 1.807) is 12.4 Å². The van der Waals surface area contributed by atoms with E-state index in [0.29, 0.717) is 5.82 Å². The molecule has 0 aliphatic heterocycles. The van der Waals surface area contributed by atoms with Crippen molar-refractivity contribution >= 4 is 0 Å². The molecule has 1 aromatic carbocycles. The molecular formula is C14H14FN3O. The van der Waals surface area contributed by atoms with Crippen LogP contribution in [0, 0.1) is 17.1 Å². The maximum Gasteiger partial charge on any atom is 0.166 e. The number of benzene rings is 1. The van der Waals surface area contributed by atoms with Gasteiger partial charge in [-0.2, -0.15) is 5.26 Å². The number of aromatic nitrogens is 2. The second-order valence-corrected chi connectivity index (χ2v) is 4.73. The van der Waals surface area contributed by atoms with Crippen molar-refractivity contribution in [1.82, 2.24) is 9.55 Å². The van der Waals surface area contributed by atoms with E-state index >= 15 is 0 Å². The number of ether oxygens (including phenoxy) is 1. The molecule has 0 unspecified atom stereocenters. The van der Waals surface area contributed by atoms with Crippen LogP contribution in [0.3, 0.4) is 0 Å². The average molecular weight is 259 g/mol. The van der Waals surface area contributed by atoms with E-state index in [1.807, 2.05) is 31.5 Å². The fourth-order valence-electron chi connectivity index (χ4n) is 1.92. The molecule has 0 aliphatic carbocycles. The van der Waals surface area contributed by atoms with Crippen LogP contribution in [0.5, 0.6) is 5.75 Å². The van der Waals surface area contributed by atoms with Gasteiger partial charge in [-0.05, 0) is 32.0 Å². The minimum atomic E-state index is -0.771. The normalized spacial score (nSPS) is 11.1. The molecule has 19 heavy (non-hydrogen) atoms. The number of rotatable bonds is 3. The van der Waals surface area contributed by atoms with Crippen LogP contribution < -0.4 is 4.74 Å². The number of nitriles is 1. The van der Waals surface area contributed by atoms with E-state index < -0.39 is 11.4 Å². The monoisotopic (exact) mass is 259 g/mol. The summed E-state index contributed by atoms with van der Waals surface area (Å²) in [5, 5.41) is 8.70. The van der Waals surface area contributed by atoms with Crippen LogP contribution >= 0.6 is 0 Å². The quantitative estimate of drug-likeness (QED) is 0.851. The fourth-order valence-corrected chi connectivity index (χ4v) is 1.92. The zero-order valence-corrected chi connectivity index (χ0v) is 11.0. The molecule has 0 saturated heterocycles. The van der Waals surface area contributed by atoms with Gasteiger partial charge in [-0.15, -0.1) is 0 Å². The Bertz CT molecular complexity index is 640. The van der Waals surface area contributed by atoms with Crippen molar-refractivity contribution in [3.05, 3.63) is 47.8 Å². The lowest BCUT2D eigenvalue weighted by Crippen LogP contribution is -2.29. The number of halogens is 1. The molecule has 1 aromatic heterocycles. The highest BCUT2D eigenvalue weighted by Gasteiger charge is 2.28. The van der Waals surface area contributed by atoms with Crippen molar-refractivity contribution in [3.8, 4) is 11.8 Å². The van der Waals surface area contributed by atoms with Gasteiger partial charge in [-0.1, -0.05) is 0 Å². The first kappa shape index (κ1) is 13.1. The van der Waals surface area contributed by atoms with Crippen molar-refractivity contribution in [2.75, 3.05) is 0 Å². The van der Waals surface area contributed by atoms with Gasteiger partial charge in [0, 0.05) is 19.4 Å². The van der Waals surface area contributed by atoms with Gasteiger partial charge in [0.15, 0.2) is 23.0 Å². The number of nitrogens with zero attached hydrogens (tertiary/aromatic N) is 3. The van der Waals surface area contributed by atoms with Crippen LogP contribution in [0.4, 0.5) is 4.39 Å². The minimum absolute atomic E-state index is 0.104. The zero-order valence-electron chi connectivity index (χ0n) is 11.0. The molecule has 0 saturated carbocycles. The maximum absolute atomic E-state index is 13.8. The SMILES string of the molecule is Cn1ccnc1C(C)(C)Oc1ccc(C#N)cc1F. The number of imidazole rings is 1. The Labute approximate surface area is 111 Å². The Balaban J connectivity index is 2.31. The Morgan fingerprint density at radius 1 is 1.42 bits per heavy atom. The Morgan fingerprint density at radius 2 is 2.16 bits per heavy atom. The number of hydrogen-bond donors (Lipinski definition) is 0. The van der Waals surface area contributed by atoms with Gasteiger partial charge in [-0.25, -0.2) is 9.37 Å². The molecule has 0 aliphatic rings. The van der Waals surface area contributed by atoms with E-state index in [0.717, 1.165) is 6.07 Å². The van der Waals surface area contributed by atoms with E-state index in [9.17, 15) is 4.39 Å². The summed E-state index contributed by atoms with van der Waals surface area (Å²) in [5.41, 5.74) is -0.507. The van der Waals surface area contributed by atoms with E-state index in [4.69, 9.17) is 10.00 Å². The van der Waals surface area contributed by atoms with Crippen molar-refractivity contribution in [1.29, 1.82) is 5.26 Å². The van der Waals surface area contributed by atoms with Crippen molar-refractivity contribution < 1.29 is 9.13 Å². The van der Waals surface area contributed by atoms with Crippen molar-refractivity contribution in [3.63, 3.8) is 0 Å². The summed E-state index contributed by atoms with van der Waals surface area (Å²) < 4.78 is 21.3. The lowest BCUT2D eigenvalue weighted by Gasteiger charge is -2.26. The van der Waals surface area contributed by atoms with E-state index in [2.05, 4.69) is 4.98 Å². The lowest BCUT2D eigenvalue weighted by atomic mass is 10.1.